The number of nitrogens with zero attached hydrogens (tertiary/aromatic N) is 2. The van der Waals surface area contributed by atoms with Crippen LogP contribution in [0.2, 0.25) is 0 Å². The average molecular weight is 181 g/mol. The molecule has 1 rings (SSSR count). The first-order valence-corrected chi connectivity index (χ1v) is 4.24. The molecule has 0 aliphatic carbocycles. The average Bonchev–Trinajstić information content (AvgIpc) is 2.03. The second-order valence-electron chi connectivity index (χ2n) is 3.24. The van der Waals surface area contributed by atoms with Crippen LogP contribution < -0.4 is 10.5 Å². The lowest BCUT2D eigenvalue weighted by Crippen LogP contribution is -2.06. The van der Waals surface area contributed by atoms with Crippen LogP contribution in [-0.2, 0) is 0 Å². The molecular formula is C9H15N3O. The fraction of sp³-hybridized carbons (Fsp3) is 0.556. The third kappa shape index (κ3) is 1.88. The molecule has 1 aromatic heterocycles. The van der Waals surface area contributed by atoms with Crippen molar-refractivity contribution in [1.29, 1.82) is 0 Å². The highest BCUT2D eigenvalue weighted by Gasteiger charge is 2.11. The minimum Gasteiger partial charge on any atom is -0.478 e. The summed E-state index contributed by atoms with van der Waals surface area (Å²) in [6, 6.07) is 0. The number of nitrogens with two attached hydrogens (primary N) is 1. The maximum atomic E-state index is 5.60. The van der Waals surface area contributed by atoms with Gasteiger partial charge in [-0.25, -0.2) is 9.97 Å². The molecule has 13 heavy (non-hydrogen) atoms. The Morgan fingerprint density at radius 3 is 2.38 bits per heavy atom. The Bertz CT molecular complexity index is 310. The zero-order valence-electron chi connectivity index (χ0n) is 8.46. The van der Waals surface area contributed by atoms with Crippen LogP contribution in [0.1, 0.15) is 31.2 Å². The highest BCUT2D eigenvalue weighted by atomic mass is 16.5. The van der Waals surface area contributed by atoms with Gasteiger partial charge in [-0.05, 0) is 12.8 Å². The molecule has 0 aliphatic heterocycles. The number of methoxy groups -OCH3 is 1. The first kappa shape index (κ1) is 9.77. The summed E-state index contributed by atoms with van der Waals surface area (Å²) in [7, 11) is 1.54. The highest BCUT2D eigenvalue weighted by Crippen LogP contribution is 2.22. The fourth-order valence-corrected chi connectivity index (χ4v) is 1.23. The Morgan fingerprint density at radius 1 is 1.31 bits per heavy atom. The molecule has 0 aliphatic rings. The van der Waals surface area contributed by atoms with Gasteiger partial charge in [-0.1, -0.05) is 13.8 Å². The summed E-state index contributed by atoms with van der Waals surface area (Å²) in [4.78, 5) is 8.44. The molecule has 1 aromatic rings. The Hall–Kier alpha value is -1.32. The number of aromatic nitrogens is 2. The van der Waals surface area contributed by atoms with E-state index in [1.165, 1.54) is 0 Å². The van der Waals surface area contributed by atoms with Crippen molar-refractivity contribution < 1.29 is 4.74 Å². The van der Waals surface area contributed by atoms with Crippen LogP contribution >= 0.6 is 0 Å². The Morgan fingerprint density at radius 2 is 1.92 bits per heavy atom. The van der Waals surface area contributed by atoms with Gasteiger partial charge in [0, 0.05) is 0 Å². The van der Waals surface area contributed by atoms with Crippen molar-refractivity contribution in [2.24, 2.45) is 0 Å². The summed E-state index contributed by atoms with van der Waals surface area (Å²) in [6.07, 6.45) is 0. The number of nitrogen functional groups attached to an aromatic ring is 1. The summed E-state index contributed by atoms with van der Waals surface area (Å²) in [6.45, 7) is 6.03. The van der Waals surface area contributed by atoms with E-state index in [1.54, 1.807) is 7.11 Å². The van der Waals surface area contributed by atoms with Gasteiger partial charge in [0.25, 0.3) is 5.88 Å². The van der Waals surface area contributed by atoms with Gasteiger partial charge in [-0.2, -0.15) is 0 Å². The van der Waals surface area contributed by atoms with E-state index in [2.05, 4.69) is 23.8 Å². The predicted octanol–water partition coefficient (Wildman–Crippen LogP) is 1.50. The topological polar surface area (TPSA) is 61.0 Å². The van der Waals surface area contributed by atoms with Crippen LogP contribution in [0.3, 0.4) is 0 Å². The van der Waals surface area contributed by atoms with Gasteiger partial charge in [0.05, 0.1) is 18.5 Å². The zero-order valence-corrected chi connectivity index (χ0v) is 8.46. The summed E-state index contributed by atoms with van der Waals surface area (Å²) in [5, 5.41) is 0. The summed E-state index contributed by atoms with van der Waals surface area (Å²) in [5.74, 6) is 1.10. The van der Waals surface area contributed by atoms with E-state index in [0.717, 1.165) is 11.4 Å². The lowest BCUT2D eigenvalue weighted by Gasteiger charge is -2.10. The highest BCUT2D eigenvalue weighted by molar-refractivity contribution is 5.42. The molecule has 0 unspecified atom stereocenters. The quantitative estimate of drug-likeness (QED) is 0.751. The van der Waals surface area contributed by atoms with Gasteiger partial charge in [-0.3, -0.25) is 0 Å². The van der Waals surface area contributed by atoms with Gasteiger partial charge in [-0.15, -0.1) is 0 Å². The summed E-state index contributed by atoms with van der Waals surface area (Å²) in [5.41, 5.74) is 7.41. The van der Waals surface area contributed by atoms with E-state index in [1.807, 2.05) is 6.92 Å². The lowest BCUT2D eigenvalue weighted by molar-refractivity contribution is 0.395. The van der Waals surface area contributed by atoms with Gasteiger partial charge < -0.3 is 10.5 Å². The van der Waals surface area contributed by atoms with E-state index in [4.69, 9.17) is 10.5 Å². The number of ether oxygens (including phenoxy) is 1. The number of rotatable bonds is 2. The maximum Gasteiger partial charge on any atom is 0.257 e. The normalized spacial score (nSPS) is 10.5. The van der Waals surface area contributed by atoms with Crippen LogP contribution in [0.15, 0.2) is 0 Å². The summed E-state index contributed by atoms with van der Waals surface area (Å²) >= 11 is 0. The van der Waals surface area contributed by atoms with Crippen molar-refractivity contribution >= 4 is 5.82 Å². The van der Waals surface area contributed by atoms with Crippen molar-refractivity contribution in [2.45, 2.75) is 26.7 Å². The molecule has 2 N–H and O–H groups in total. The first-order chi connectivity index (χ1) is 6.06. The van der Waals surface area contributed by atoms with E-state index in [-0.39, 0.29) is 0 Å². The third-order valence-electron chi connectivity index (χ3n) is 1.84. The number of aryl methyl sites for hydroxylation is 1. The van der Waals surface area contributed by atoms with E-state index >= 15 is 0 Å². The van der Waals surface area contributed by atoms with Crippen LogP contribution in [0.25, 0.3) is 0 Å². The zero-order chi connectivity index (χ0) is 10.0. The van der Waals surface area contributed by atoms with Crippen molar-refractivity contribution in [2.75, 3.05) is 12.8 Å². The molecule has 0 atom stereocenters. The number of hydrogen-bond donors (Lipinski definition) is 1. The molecule has 0 bridgehead atoms. The van der Waals surface area contributed by atoms with Crippen molar-refractivity contribution in [1.82, 2.24) is 9.97 Å². The standard InChI is InChI=1S/C9H15N3O/c1-5(2)7-6(3)11-8(10)9(12-7)13-4/h5H,1-4H3,(H2,10,11). The summed E-state index contributed by atoms with van der Waals surface area (Å²) < 4.78 is 4.99. The number of anilines is 1. The molecule has 0 saturated carbocycles. The number of hydrogen-bond acceptors (Lipinski definition) is 4. The van der Waals surface area contributed by atoms with Crippen molar-refractivity contribution in [3.05, 3.63) is 11.4 Å². The van der Waals surface area contributed by atoms with Gasteiger partial charge >= 0.3 is 0 Å². The Balaban J connectivity index is 3.22. The molecule has 0 saturated heterocycles. The minimum absolute atomic E-state index is 0.335. The molecular weight excluding hydrogens is 166 g/mol. The van der Waals surface area contributed by atoms with Crippen LogP contribution in [0, 0.1) is 6.92 Å². The van der Waals surface area contributed by atoms with E-state index in [9.17, 15) is 0 Å². The Labute approximate surface area is 78.1 Å². The molecule has 0 aromatic carbocycles. The van der Waals surface area contributed by atoms with Gasteiger partial charge in [0.2, 0.25) is 0 Å². The largest absolute Gasteiger partial charge is 0.478 e. The van der Waals surface area contributed by atoms with E-state index < -0.39 is 0 Å². The third-order valence-corrected chi connectivity index (χ3v) is 1.84. The first-order valence-electron chi connectivity index (χ1n) is 4.24. The monoisotopic (exact) mass is 181 g/mol. The van der Waals surface area contributed by atoms with Crippen molar-refractivity contribution in [3.63, 3.8) is 0 Å². The molecule has 4 heteroatoms. The molecule has 4 nitrogen and oxygen atoms in total. The van der Waals surface area contributed by atoms with Gasteiger partial charge in [0.15, 0.2) is 5.82 Å². The van der Waals surface area contributed by atoms with Gasteiger partial charge in [0.1, 0.15) is 0 Å². The molecule has 72 valence electrons. The fourth-order valence-electron chi connectivity index (χ4n) is 1.23. The van der Waals surface area contributed by atoms with Crippen LogP contribution in [-0.4, -0.2) is 17.1 Å². The smallest absolute Gasteiger partial charge is 0.257 e. The molecule has 0 radical (unpaired) electrons. The Kier molecular flexibility index (Phi) is 2.70. The second kappa shape index (κ2) is 3.60. The van der Waals surface area contributed by atoms with Crippen LogP contribution in [0.5, 0.6) is 5.88 Å². The maximum absolute atomic E-state index is 5.60. The van der Waals surface area contributed by atoms with Crippen LogP contribution in [0.4, 0.5) is 5.82 Å². The lowest BCUT2D eigenvalue weighted by atomic mass is 10.1. The predicted molar refractivity (Wildman–Crippen MR) is 51.8 cm³/mol. The molecule has 0 fully saturated rings. The second-order valence-corrected chi connectivity index (χ2v) is 3.24. The van der Waals surface area contributed by atoms with E-state index in [0.29, 0.717) is 17.6 Å². The molecule has 0 spiro atoms. The SMILES string of the molecule is COc1nc(C(C)C)c(C)nc1N. The van der Waals surface area contributed by atoms with Crippen molar-refractivity contribution in [3.8, 4) is 5.88 Å². The molecule has 0 amide bonds. The molecule has 1 heterocycles. The minimum atomic E-state index is 0.335.